The lowest BCUT2D eigenvalue weighted by molar-refractivity contribution is -0.120. The van der Waals surface area contributed by atoms with E-state index in [1.54, 1.807) is 0 Å². The van der Waals surface area contributed by atoms with E-state index in [9.17, 15) is 9.90 Å². The third-order valence-electron chi connectivity index (χ3n) is 3.98. The van der Waals surface area contributed by atoms with E-state index in [-0.39, 0.29) is 18.9 Å². The molecule has 5 heteroatoms. The smallest absolute Gasteiger partial charge is 0.224 e. The van der Waals surface area contributed by atoms with Gasteiger partial charge in [0.15, 0.2) is 0 Å². The van der Waals surface area contributed by atoms with Gasteiger partial charge in [-0.05, 0) is 37.1 Å². The monoisotopic (exact) mass is 323 g/mol. The van der Waals surface area contributed by atoms with Crippen molar-refractivity contribution in [3.63, 3.8) is 0 Å². The average molecular weight is 323 g/mol. The summed E-state index contributed by atoms with van der Waals surface area (Å²) in [5.74, 6) is 0.740. The Morgan fingerprint density at radius 1 is 1.21 bits per heavy atom. The molecule has 1 heterocycles. The number of carbonyl (C=O) groups is 1. The van der Waals surface area contributed by atoms with Gasteiger partial charge in [0.2, 0.25) is 5.91 Å². The molecule has 0 spiro atoms. The van der Waals surface area contributed by atoms with Gasteiger partial charge in [-0.3, -0.25) is 4.79 Å². The molecule has 24 heavy (non-hydrogen) atoms. The summed E-state index contributed by atoms with van der Waals surface area (Å²) >= 11 is 0. The number of aliphatic hydroxyl groups is 1. The molecular formula is C19H21N3O2. The van der Waals surface area contributed by atoms with Gasteiger partial charge < -0.3 is 15.4 Å². The number of aliphatic hydroxyl groups excluding tert-OH is 1. The summed E-state index contributed by atoms with van der Waals surface area (Å²) < 4.78 is 0. The molecule has 1 amide bonds. The normalized spacial score (nSPS) is 12.3. The number of rotatable bonds is 5. The minimum absolute atomic E-state index is 0.114. The molecule has 0 fully saturated rings. The number of nitrogens with zero attached hydrogens (tertiary/aromatic N) is 1. The number of imidazole rings is 1. The molecule has 0 aliphatic carbocycles. The second-order valence-corrected chi connectivity index (χ2v) is 6.08. The van der Waals surface area contributed by atoms with Crippen LogP contribution in [0.4, 0.5) is 0 Å². The van der Waals surface area contributed by atoms with E-state index in [1.807, 2.05) is 56.3 Å². The van der Waals surface area contributed by atoms with Gasteiger partial charge in [0.25, 0.3) is 0 Å². The van der Waals surface area contributed by atoms with Crippen LogP contribution in [0.15, 0.2) is 42.5 Å². The van der Waals surface area contributed by atoms with E-state index in [1.165, 1.54) is 0 Å². The predicted octanol–water partition coefficient (Wildman–Crippen LogP) is 2.57. The second kappa shape index (κ2) is 6.84. The topological polar surface area (TPSA) is 78.0 Å². The Balaban J connectivity index is 1.57. The minimum Gasteiger partial charge on any atom is -0.387 e. The lowest BCUT2D eigenvalue weighted by Crippen LogP contribution is -2.29. The number of carbonyl (C=O) groups excluding carboxylic acids is 1. The first kappa shape index (κ1) is 16.2. The molecule has 3 N–H and O–H groups in total. The number of hydrogen-bond donors (Lipinski definition) is 3. The number of benzene rings is 2. The number of aryl methyl sites for hydroxylation is 2. The standard InChI is InChI=1S/C19H21N3O2/c1-12-3-6-15(7-4-12)18(23)11-20-19(24)10-14-5-8-16-17(9-14)22-13(2)21-16/h3-9,18,23H,10-11H2,1-2H3,(H,20,24)(H,21,22)/t18-/m1/s1. The van der Waals surface area contributed by atoms with Gasteiger partial charge in [-0.2, -0.15) is 0 Å². The quantitative estimate of drug-likeness (QED) is 0.675. The highest BCUT2D eigenvalue weighted by atomic mass is 16.3. The highest BCUT2D eigenvalue weighted by molar-refractivity contribution is 5.81. The van der Waals surface area contributed by atoms with Crippen LogP contribution >= 0.6 is 0 Å². The third-order valence-corrected chi connectivity index (χ3v) is 3.98. The molecule has 0 bridgehead atoms. The molecule has 0 saturated heterocycles. The first-order chi connectivity index (χ1) is 11.5. The number of amides is 1. The summed E-state index contributed by atoms with van der Waals surface area (Å²) in [6.07, 6.45) is -0.429. The number of H-pyrrole nitrogens is 1. The van der Waals surface area contributed by atoms with Crippen molar-refractivity contribution < 1.29 is 9.90 Å². The van der Waals surface area contributed by atoms with Crippen LogP contribution < -0.4 is 5.32 Å². The van der Waals surface area contributed by atoms with E-state index in [2.05, 4.69) is 15.3 Å². The Kier molecular flexibility index (Phi) is 4.62. The van der Waals surface area contributed by atoms with Gasteiger partial charge in [-0.25, -0.2) is 4.98 Å². The number of fused-ring (bicyclic) bond motifs is 1. The van der Waals surface area contributed by atoms with Crippen LogP contribution in [0.5, 0.6) is 0 Å². The second-order valence-electron chi connectivity index (χ2n) is 6.08. The molecular weight excluding hydrogens is 302 g/mol. The van der Waals surface area contributed by atoms with E-state index in [0.717, 1.165) is 33.5 Å². The minimum atomic E-state index is -0.702. The summed E-state index contributed by atoms with van der Waals surface area (Å²) in [4.78, 5) is 19.6. The summed E-state index contributed by atoms with van der Waals surface area (Å²) in [5, 5.41) is 12.9. The molecule has 2 aromatic carbocycles. The molecule has 124 valence electrons. The third kappa shape index (κ3) is 3.81. The van der Waals surface area contributed by atoms with E-state index in [4.69, 9.17) is 0 Å². The fourth-order valence-corrected chi connectivity index (χ4v) is 2.66. The predicted molar refractivity (Wildman–Crippen MR) is 93.7 cm³/mol. The first-order valence-electron chi connectivity index (χ1n) is 7.98. The Bertz CT molecular complexity index is 853. The van der Waals surface area contributed by atoms with Crippen molar-refractivity contribution in [2.45, 2.75) is 26.4 Å². The van der Waals surface area contributed by atoms with Crippen molar-refractivity contribution in [2.75, 3.05) is 6.54 Å². The largest absolute Gasteiger partial charge is 0.387 e. The molecule has 3 rings (SSSR count). The van der Waals surface area contributed by atoms with Crippen LogP contribution in [0.1, 0.15) is 28.6 Å². The average Bonchev–Trinajstić information content (AvgIpc) is 2.92. The molecule has 1 aromatic heterocycles. The molecule has 0 unspecified atom stereocenters. The lowest BCUT2D eigenvalue weighted by Gasteiger charge is -2.12. The summed E-state index contributed by atoms with van der Waals surface area (Å²) in [7, 11) is 0. The van der Waals surface area contributed by atoms with E-state index >= 15 is 0 Å². The Labute approximate surface area is 140 Å². The van der Waals surface area contributed by atoms with Crippen LogP contribution in [0.3, 0.4) is 0 Å². The maximum absolute atomic E-state index is 12.1. The van der Waals surface area contributed by atoms with Crippen molar-refractivity contribution >= 4 is 16.9 Å². The van der Waals surface area contributed by atoms with Crippen LogP contribution in [0.25, 0.3) is 11.0 Å². The zero-order chi connectivity index (χ0) is 17.1. The number of aromatic nitrogens is 2. The van der Waals surface area contributed by atoms with Crippen LogP contribution in [-0.4, -0.2) is 27.5 Å². The fraction of sp³-hybridized carbons (Fsp3) is 0.263. The Hall–Kier alpha value is -2.66. The number of hydrogen-bond acceptors (Lipinski definition) is 3. The Morgan fingerprint density at radius 3 is 2.71 bits per heavy atom. The summed E-state index contributed by atoms with van der Waals surface area (Å²) in [6, 6.07) is 13.4. The Morgan fingerprint density at radius 2 is 1.96 bits per heavy atom. The highest BCUT2D eigenvalue weighted by Gasteiger charge is 2.10. The van der Waals surface area contributed by atoms with Crippen molar-refractivity contribution in [1.82, 2.24) is 15.3 Å². The summed E-state index contributed by atoms with van der Waals surface area (Å²) in [6.45, 7) is 4.10. The van der Waals surface area contributed by atoms with Crippen LogP contribution in [-0.2, 0) is 11.2 Å². The zero-order valence-electron chi connectivity index (χ0n) is 13.8. The van der Waals surface area contributed by atoms with E-state index < -0.39 is 6.10 Å². The van der Waals surface area contributed by atoms with Crippen molar-refractivity contribution in [2.24, 2.45) is 0 Å². The molecule has 5 nitrogen and oxygen atoms in total. The van der Waals surface area contributed by atoms with Crippen molar-refractivity contribution in [3.8, 4) is 0 Å². The van der Waals surface area contributed by atoms with Gasteiger partial charge in [0.1, 0.15) is 5.82 Å². The van der Waals surface area contributed by atoms with Gasteiger partial charge in [0.05, 0.1) is 23.6 Å². The number of aromatic amines is 1. The van der Waals surface area contributed by atoms with Gasteiger partial charge in [-0.1, -0.05) is 35.9 Å². The van der Waals surface area contributed by atoms with E-state index in [0.29, 0.717) is 0 Å². The van der Waals surface area contributed by atoms with Gasteiger partial charge in [-0.15, -0.1) is 0 Å². The van der Waals surface area contributed by atoms with Crippen LogP contribution in [0.2, 0.25) is 0 Å². The number of nitrogens with one attached hydrogen (secondary N) is 2. The molecule has 0 aliphatic heterocycles. The fourth-order valence-electron chi connectivity index (χ4n) is 2.66. The zero-order valence-corrected chi connectivity index (χ0v) is 13.8. The van der Waals surface area contributed by atoms with Crippen molar-refractivity contribution in [3.05, 3.63) is 65.0 Å². The van der Waals surface area contributed by atoms with Gasteiger partial charge >= 0.3 is 0 Å². The molecule has 1 atom stereocenters. The molecule has 0 radical (unpaired) electrons. The highest BCUT2D eigenvalue weighted by Crippen LogP contribution is 2.15. The SMILES string of the molecule is Cc1ccc([C@H](O)CNC(=O)Cc2ccc3nc(C)[nH]c3c2)cc1. The maximum atomic E-state index is 12.1. The van der Waals surface area contributed by atoms with Gasteiger partial charge in [0, 0.05) is 6.54 Å². The maximum Gasteiger partial charge on any atom is 0.224 e. The summed E-state index contributed by atoms with van der Waals surface area (Å²) in [5.41, 5.74) is 4.67. The van der Waals surface area contributed by atoms with Crippen molar-refractivity contribution in [1.29, 1.82) is 0 Å². The molecule has 3 aromatic rings. The first-order valence-corrected chi connectivity index (χ1v) is 7.98. The molecule has 0 aliphatic rings. The molecule has 0 saturated carbocycles. The van der Waals surface area contributed by atoms with Crippen LogP contribution in [0, 0.1) is 13.8 Å². The lowest BCUT2D eigenvalue weighted by atomic mass is 10.1.